The van der Waals surface area contributed by atoms with Crippen LogP contribution in [0.3, 0.4) is 0 Å². The molecule has 1 N–H and O–H groups in total. The van der Waals surface area contributed by atoms with Gasteiger partial charge in [0.25, 0.3) is 0 Å². The van der Waals surface area contributed by atoms with Crippen molar-refractivity contribution in [1.82, 2.24) is 4.98 Å². The molecule has 1 aromatic carbocycles. The summed E-state index contributed by atoms with van der Waals surface area (Å²) in [6.07, 6.45) is 2.95. The second-order valence-electron chi connectivity index (χ2n) is 5.58. The molecule has 0 bridgehead atoms. The van der Waals surface area contributed by atoms with Crippen LogP contribution < -0.4 is 10.2 Å². The normalized spacial score (nSPS) is 10.5. The number of hydrogen-bond acceptors (Lipinski definition) is 3. The zero-order chi connectivity index (χ0) is 15.2. The van der Waals surface area contributed by atoms with E-state index in [1.807, 2.05) is 12.3 Å². The highest BCUT2D eigenvalue weighted by Crippen LogP contribution is 2.23. The Morgan fingerprint density at radius 3 is 2.71 bits per heavy atom. The van der Waals surface area contributed by atoms with Crippen molar-refractivity contribution < 1.29 is 0 Å². The summed E-state index contributed by atoms with van der Waals surface area (Å²) in [4.78, 5) is 6.74. The van der Waals surface area contributed by atoms with Gasteiger partial charge in [-0.25, -0.2) is 4.98 Å². The Hall–Kier alpha value is -2.03. The van der Waals surface area contributed by atoms with Crippen LogP contribution >= 0.6 is 0 Å². The molecule has 0 unspecified atom stereocenters. The van der Waals surface area contributed by atoms with Gasteiger partial charge in [-0.15, -0.1) is 0 Å². The highest BCUT2D eigenvalue weighted by molar-refractivity contribution is 5.55. The van der Waals surface area contributed by atoms with Gasteiger partial charge < -0.3 is 10.2 Å². The van der Waals surface area contributed by atoms with Gasteiger partial charge in [-0.2, -0.15) is 0 Å². The van der Waals surface area contributed by atoms with E-state index in [-0.39, 0.29) is 0 Å². The molecule has 0 saturated heterocycles. The third-order valence-electron chi connectivity index (χ3n) is 3.60. The first kappa shape index (κ1) is 15.4. The van der Waals surface area contributed by atoms with Crippen LogP contribution in [0.1, 0.15) is 30.0 Å². The Morgan fingerprint density at radius 1 is 1.19 bits per heavy atom. The second-order valence-corrected chi connectivity index (χ2v) is 5.58. The van der Waals surface area contributed by atoms with Crippen molar-refractivity contribution in [2.75, 3.05) is 23.8 Å². The molecule has 112 valence electrons. The van der Waals surface area contributed by atoms with Crippen molar-refractivity contribution in [2.24, 2.45) is 0 Å². The summed E-state index contributed by atoms with van der Waals surface area (Å²) in [6.45, 7) is 8.27. The highest BCUT2D eigenvalue weighted by Gasteiger charge is 2.09. The Kier molecular flexibility index (Phi) is 5.20. The standard InChI is InChI=1S/C18H25N3/c1-5-10-19-18-16(7-6-11-20-18)13-21(4)17-9-8-14(2)12-15(17)3/h6-9,11-12H,5,10,13H2,1-4H3,(H,19,20). The van der Waals surface area contributed by atoms with E-state index >= 15 is 0 Å². The van der Waals surface area contributed by atoms with E-state index in [1.54, 1.807) is 0 Å². The molecule has 0 aliphatic rings. The minimum atomic E-state index is 0.851. The molecule has 0 amide bonds. The number of aryl methyl sites for hydroxylation is 2. The lowest BCUT2D eigenvalue weighted by molar-refractivity contribution is 0.899. The molecule has 0 radical (unpaired) electrons. The van der Waals surface area contributed by atoms with Crippen LogP contribution in [0.2, 0.25) is 0 Å². The van der Waals surface area contributed by atoms with Gasteiger partial charge in [0.15, 0.2) is 0 Å². The third kappa shape index (κ3) is 3.97. The summed E-state index contributed by atoms with van der Waals surface area (Å²) < 4.78 is 0. The first-order chi connectivity index (χ1) is 10.1. The topological polar surface area (TPSA) is 28.2 Å². The monoisotopic (exact) mass is 283 g/mol. The Bertz CT molecular complexity index is 593. The van der Waals surface area contributed by atoms with Crippen LogP contribution in [-0.4, -0.2) is 18.6 Å². The van der Waals surface area contributed by atoms with Gasteiger partial charge in [-0.3, -0.25) is 0 Å². The van der Waals surface area contributed by atoms with E-state index in [0.29, 0.717) is 0 Å². The van der Waals surface area contributed by atoms with E-state index in [9.17, 15) is 0 Å². The number of aromatic nitrogens is 1. The average Bonchev–Trinajstić information content (AvgIpc) is 2.46. The minimum absolute atomic E-state index is 0.851. The lowest BCUT2D eigenvalue weighted by Gasteiger charge is -2.23. The first-order valence-electron chi connectivity index (χ1n) is 7.58. The molecule has 1 heterocycles. The number of nitrogens with one attached hydrogen (secondary N) is 1. The molecule has 0 spiro atoms. The molecular formula is C18H25N3. The van der Waals surface area contributed by atoms with Crippen LogP contribution in [-0.2, 0) is 6.54 Å². The Balaban J connectivity index is 2.17. The van der Waals surface area contributed by atoms with Crippen molar-refractivity contribution in [3.8, 4) is 0 Å². The lowest BCUT2D eigenvalue weighted by atomic mass is 10.1. The van der Waals surface area contributed by atoms with Gasteiger partial charge in [0.2, 0.25) is 0 Å². The molecule has 3 nitrogen and oxygen atoms in total. The van der Waals surface area contributed by atoms with Crippen molar-refractivity contribution in [1.29, 1.82) is 0 Å². The molecule has 2 rings (SSSR count). The minimum Gasteiger partial charge on any atom is -0.370 e. The number of nitrogens with zero attached hydrogens (tertiary/aromatic N) is 2. The van der Waals surface area contributed by atoms with Gasteiger partial charge >= 0.3 is 0 Å². The molecule has 0 aliphatic heterocycles. The van der Waals surface area contributed by atoms with Crippen LogP contribution in [0.25, 0.3) is 0 Å². The fraction of sp³-hybridized carbons (Fsp3) is 0.389. The van der Waals surface area contributed by atoms with Gasteiger partial charge in [0, 0.05) is 37.6 Å². The number of anilines is 2. The molecule has 0 atom stereocenters. The van der Waals surface area contributed by atoms with E-state index in [0.717, 1.165) is 25.3 Å². The smallest absolute Gasteiger partial charge is 0.130 e. The summed E-state index contributed by atoms with van der Waals surface area (Å²) in [5.74, 6) is 0.996. The van der Waals surface area contributed by atoms with E-state index in [1.165, 1.54) is 22.4 Å². The predicted octanol–water partition coefficient (Wildman–Crippen LogP) is 4.16. The fourth-order valence-electron chi connectivity index (χ4n) is 2.54. The summed E-state index contributed by atoms with van der Waals surface area (Å²) in [6, 6.07) is 10.7. The van der Waals surface area contributed by atoms with Gasteiger partial charge in [0.05, 0.1) is 0 Å². The molecule has 0 aliphatic carbocycles. The second kappa shape index (κ2) is 7.11. The SMILES string of the molecule is CCCNc1ncccc1CN(C)c1ccc(C)cc1C. The van der Waals surface area contributed by atoms with Crippen molar-refractivity contribution >= 4 is 11.5 Å². The maximum absolute atomic E-state index is 4.46. The van der Waals surface area contributed by atoms with Crippen molar-refractivity contribution in [2.45, 2.75) is 33.7 Å². The Labute approximate surface area is 128 Å². The highest BCUT2D eigenvalue weighted by atomic mass is 15.1. The summed E-state index contributed by atoms with van der Waals surface area (Å²) in [7, 11) is 2.13. The largest absolute Gasteiger partial charge is 0.370 e. The fourth-order valence-corrected chi connectivity index (χ4v) is 2.54. The number of benzene rings is 1. The van der Waals surface area contributed by atoms with E-state index < -0.39 is 0 Å². The van der Waals surface area contributed by atoms with Gasteiger partial charge in [0.1, 0.15) is 5.82 Å². The van der Waals surface area contributed by atoms with Crippen molar-refractivity contribution in [3.05, 3.63) is 53.2 Å². The zero-order valence-electron chi connectivity index (χ0n) is 13.5. The Morgan fingerprint density at radius 2 is 2.00 bits per heavy atom. The summed E-state index contributed by atoms with van der Waals surface area (Å²) >= 11 is 0. The quantitative estimate of drug-likeness (QED) is 0.863. The molecule has 0 fully saturated rings. The number of pyridine rings is 1. The molecule has 21 heavy (non-hydrogen) atoms. The average molecular weight is 283 g/mol. The molecule has 1 aromatic heterocycles. The molecule has 0 saturated carbocycles. The maximum atomic E-state index is 4.46. The predicted molar refractivity (Wildman–Crippen MR) is 91.0 cm³/mol. The van der Waals surface area contributed by atoms with Crippen LogP contribution in [0, 0.1) is 13.8 Å². The summed E-state index contributed by atoms with van der Waals surface area (Å²) in [5, 5.41) is 3.41. The number of hydrogen-bond donors (Lipinski definition) is 1. The van der Waals surface area contributed by atoms with Gasteiger partial charge in [-0.1, -0.05) is 30.7 Å². The molecular weight excluding hydrogens is 258 g/mol. The zero-order valence-corrected chi connectivity index (χ0v) is 13.5. The van der Waals surface area contributed by atoms with E-state index in [2.05, 4.69) is 67.3 Å². The van der Waals surface area contributed by atoms with Gasteiger partial charge in [-0.05, 0) is 38.0 Å². The third-order valence-corrected chi connectivity index (χ3v) is 3.60. The van der Waals surface area contributed by atoms with Crippen LogP contribution in [0.4, 0.5) is 11.5 Å². The van der Waals surface area contributed by atoms with Crippen molar-refractivity contribution in [3.63, 3.8) is 0 Å². The summed E-state index contributed by atoms with van der Waals surface area (Å²) in [5.41, 5.74) is 5.11. The van der Waals surface area contributed by atoms with Crippen LogP contribution in [0.5, 0.6) is 0 Å². The molecule has 2 aromatic rings. The maximum Gasteiger partial charge on any atom is 0.130 e. The number of rotatable bonds is 6. The lowest BCUT2D eigenvalue weighted by Crippen LogP contribution is -2.19. The molecule has 3 heteroatoms. The first-order valence-corrected chi connectivity index (χ1v) is 7.58. The van der Waals surface area contributed by atoms with E-state index in [4.69, 9.17) is 0 Å². The van der Waals surface area contributed by atoms with Crippen LogP contribution in [0.15, 0.2) is 36.5 Å².